The van der Waals surface area contributed by atoms with Gasteiger partial charge in [-0.15, -0.1) is 11.3 Å². The predicted molar refractivity (Wildman–Crippen MR) is 82.6 cm³/mol. The maximum atomic E-state index is 12.1. The van der Waals surface area contributed by atoms with Gasteiger partial charge in [-0.1, -0.05) is 0 Å². The van der Waals surface area contributed by atoms with Gasteiger partial charge in [0.15, 0.2) is 10.9 Å². The molecule has 0 unspecified atom stereocenters. The van der Waals surface area contributed by atoms with E-state index in [1.165, 1.54) is 19.2 Å². The molecule has 0 saturated heterocycles. The fourth-order valence-corrected chi connectivity index (χ4v) is 2.47. The van der Waals surface area contributed by atoms with E-state index in [9.17, 15) is 19.7 Å². The number of nitrogens with two attached hydrogens (primary N) is 1. The molecule has 9 nitrogen and oxygen atoms in total. The second-order valence-corrected chi connectivity index (χ2v) is 5.24. The molecule has 0 fully saturated rings. The molecular formula is C13H12N4O5S. The average Bonchev–Trinajstić information content (AvgIpc) is 2.92. The quantitative estimate of drug-likeness (QED) is 0.603. The van der Waals surface area contributed by atoms with Gasteiger partial charge in [-0.2, -0.15) is 0 Å². The van der Waals surface area contributed by atoms with E-state index < -0.39 is 16.7 Å². The minimum absolute atomic E-state index is 0.0274. The van der Waals surface area contributed by atoms with Gasteiger partial charge in [-0.3, -0.25) is 25.0 Å². The van der Waals surface area contributed by atoms with Crippen molar-refractivity contribution in [1.82, 2.24) is 4.98 Å². The van der Waals surface area contributed by atoms with Gasteiger partial charge < -0.3 is 10.5 Å². The Morgan fingerprint density at radius 1 is 1.48 bits per heavy atom. The molecule has 0 saturated carbocycles. The number of nitrogens with zero attached hydrogens (tertiary/aromatic N) is 2. The number of carbonyl (C=O) groups is 2. The summed E-state index contributed by atoms with van der Waals surface area (Å²) in [6.07, 6.45) is -0.0274. The van der Waals surface area contributed by atoms with Crippen molar-refractivity contribution in [3.05, 3.63) is 45.0 Å². The molecule has 1 heterocycles. The topological polar surface area (TPSA) is 137 Å². The highest BCUT2D eigenvalue weighted by Gasteiger charge is 2.19. The van der Waals surface area contributed by atoms with Gasteiger partial charge in [-0.25, -0.2) is 4.98 Å². The first-order valence-electron chi connectivity index (χ1n) is 6.27. The smallest absolute Gasteiger partial charge is 0.311 e. The largest absolute Gasteiger partial charge is 0.490 e. The Kier molecular flexibility index (Phi) is 4.86. The number of thiazole rings is 1. The molecule has 0 atom stereocenters. The van der Waals surface area contributed by atoms with E-state index in [1.807, 2.05) is 0 Å². The highest BCUT2D eigenvalue weighted by Crippen LogP contribution is 2.28. The van der Waals surface area contributed by atoms with Crippen molar-refractivity contribution in [2.24, 2.45) is 5.73 Å². The Labute approximate surface area is 134 Å². The number of hydrogen-bond donors (Lipinski definition) is 2. The van der Waals surface area contributed by atoms with Crippen molar-refractivity contribution in [2.45, 2.75) is 6.42 Å². The van der Waals surface area contributed by atoms with Crippen molar-refractivity contribution in [1.29, 1.82) is 0 Å². The van der Waals surface area contributed by atoms with Crippen molar-refractivity contribution < 1.29 is 19.2 Å². The minimum atomic E-state index is -0.635. The van der Waals surface area contributed by atoms with E-state index in [4.69, 9.17) is 10.5 Å². The number of hydrogen-bond acceptors (Lipinski definition) is 7. The summed E-state index contributed by atoms with van der Waals surface area (Å²) < 4.78 is 4.87. The molecule has 23 heavy (non-hydrogen) atoms. The molecule has 2 aromatic rings. The number of nitro groups is 1. The molecule has 10 heteroatoms. The lowest BCUT2D eigenvalue weighted by atomic mass is 10.2. The van der Waals surface area contributed by atoms with Crippen LogP contribution >= 0.6 is 11.3 Å². The van der Waals surface area contributed by atoms with Gasteiger partial charge in [0.2, 0.25) is 5.91 Å². The van der Waals surface area contributed by atoms with Gasteiger partial charge >= 0.3 is 5.69 Å². The van der Waals surface area contributed by atoms with Crippen LogP contribution in [0.3, 0.4) is 0 Å². The standard InChI is InChI=1S/C13H12N4O5S/c1-22-10-3-2-7(4-9(10)17(20)21)12(19)16-13-15-8(6-23-13)5-11(14)18/h2-4,6H,5H2,1H3,(H2,14,18)(H,15,16,19). The van der Waals surface area contributed by atoms with Gasteiger partial charge in [0.05, 0.1) is 24.1 Å². The average molecular weight is 336 g/mol. The third-order valence-electron chi connectivity index (χ3n) is 2.77. The van der Waals surface area contributed by atoms with E-state index >= 15 is 0 Å². The Bertz CT molecular complexity index is 773. The number of nitro benzene ring substituents is 1. The molecule has 0 radical (unpaired) electrons. The number of anilines is 1. The van der Waals surface area contributed by atoms with E-state index in [-0.39, 0.29) is 28.6 Å². The Morgan fingerprint density at radius 3 is 2.83 bits per heavy atom. The monoisotopic (exact) mass is 336 g/mol. The first kappa shape index (κ1) is 16.4. The molecule has 1 aromatic carbocycles. The number of aromatic nitrogens is 1. The summed E-state index contributed by atoms with van der Waals surface area (Å²) in [5, 5.41) is 15.3. The predicted octanol–water partition coefficient (Wildman–Crippen LogP) is 1.34. The fraction of sp³-hybridized carbons (Fsp3) is 0.154. The molecule has 2 amide bonds. The van der Waals surface area contributed by atoms with Crippen molar-refractivity contribution in [2.75, 3.05) is 12.4 Å². The van der Waals surface area contributed by atoms with E-state index in [0.29, 0.717) is 5.69 Å². The first-order valence-corrected chi connectivity index (χ1v) is 7.15. The Morgan fingerprint density at radius 2 is 2.22 bits per heavy atom. The maximum absolute atomic E-state index is 12.1. The van der Waals surface area contributed by atoms with Crippen LogP contribution in [0.4, 0.5) is 10.8 Å². The number of amides is 2. The number of nitrogens with one attached hydrogen (secondary N) is 1. The number of rotatable bonds is 6. The summed E-state index contributed by atoms with van der Waals surface area (Å²) in [6, 6.07) is 3.86. The van der Waals surface area contributed by atoms with E-state index in [0.717, 1.165) is 17.4 Å². The zero-order chi connectivity index (χ0) is 17.0. The molecule has 1 aromatic heterocycles. The molecule has 0 spiro atoms. The van der Waals surface area contributed by atoms with Crippen LogP contribution in [0.2, 0.25) is 0 Å². The molecule has 120 valence electrons. The first-order chi connectivity index (χ1) is 10.9. The zero-order valence-electron chi connectivity index (χ0n) is 11.9. The maximum Gasteiger partial charge on any atom is 0.311 e. The SMILES string of the molecule is COc1ccc(C(=O)Nc2nc(CC(N)=O)cs2)cc1[N+](=O)[O-]. The van der Waals surface area contributed by atoms with Gasteiger partial charge in [0.1, 0.15) is 0 Å². The van der Waals surface area contributed by atoms with Gasteiger partial charge in [0.25, 0.3) is 5.91 Å². The second-order valence-electron chi connectivity index (χ2n) is 4.38. The number of benzene rings is 1. The van der Waals surface area contributed by atoms with Crippen LogP contribution in [0.25, 0.3) is 0 Å². The zero-order valence-corrected chi connectivity index (χ0v) is 12.8. The van der Waals surface area contributed by atoms with E-state index in [2.05, 4.69) is 10.3 Å². The Balaban J connectivity index is 2.17. The van der Waals surface area contributed by atoms with Crippen LogP contribution in [0.15, 0.2) is 23.6 Å². The minimum Gasteiger partial charge on any atom is -0.490 e. The summed E-state index contributed by atoms with van der Waals surface area (Å²) in [5.41, 5.74) is 5.28. The highest BCUT2D eigenvalue weighted by molar-refractivity contribution is 7.14. The summed E-state index contributed by atoms with van der Waals surface area (Å²) >= 11 is 1.12. The van der Waals surface area contributed by atoms with Crippen LogP contribution in [0.1, 0.15) is 16.1 Å². The summed E-state index contributed by atoms with van der Waals surface area (Å²) in [6.45, 7) is 0. The molecule has 0 aliphatic heterocycles. The second kappa shape index (κ2) is 6.83. The molecule has 2 rings (SSSR count). The molecule has 3 N–H and O–H groups in total. The highest BCUT2D eigenvalue weighted by atomic mass is 32.1. The van der Waals surface area contributed by atoms with Crippen LogP contribution in [0, 0.1) is 10.1 Å². The van der Waals surface area contributed by atoms with Gasteiger partial charge in [0, 0.05) is 17.0 Å². The third kappa shape index (κ3) is 4.01. The third-order valence-corrected chi connectivity index (χ3v) is 3.57. The van der Waals surface area contributed by atoms with Crippen LogP contribution in [-0.2, 0) is 11.2 Å². The lowest BCUT2D eigenvalue weighted by Gasteiger charge is -2.05. The van der Waals surface area contributed by atoms with Crippen LogP contribution in [0.5, 0.6) is 5.75 Å². The molecular weight excluding hydrogens is 324 g/mol. The summed E-state index contributed by atoms with van der Waals surface area (Å²) in [5.74, 6) is -1.03. The summed E-state index contributed by atoms with van der Waals surface area (Å²) in [7, 11) is 1.30. The number of ether oxygens (including phenoxy) is 1. The van der Waals surface area contributed by atoms with Gasteiger partial charge in [-0.05, 0) is 12.1 Å². The number of methoxy groups -OCH3 is 1. The van der Waals surface area contributed by atoms with E-state index in [1.54, 1.807) is 5.38 Å². The van der Waals surface area contributed by atoms with Crippen LogP contribution in [-0.4, -0.2) is 28.8 Å². The number of primary amides is 1. The molecule has 0 aliphatic rings. The lowest BCUT2D eigenvalue weighted by Crippen LogP contribution is -2.14. The normalized spacial score (nSPS) is 10.1. The number of carbonyl (C=O) groups excluding carboxylic acids is 2. The molecule has 0 bridgehead atoms. The van der Waals surface area contributed by atoms with Crippen LogP contribution < -0.4 is 15.8 Å². The fourth-order valence-electron chi connectivity index (χ4n) is 1.77. The van der Waals surface area contributed by atoms with Crippen molar-refractivity contribution >= 4 is 34.0 Å². The summed E-state index contributed by atoms with van der Waals surface area (Å²) in [4.78, 5) is 37.3. The lowest BCUT2D eigenvalue weighted by molar-refractivity contribution is -0.385. The van der Waals surface area contributed by atoms with Crippen molar-refractivity contribution in [3.63, 3.8) is 0 Å². The van der Waals surface area contributed by atoms with Crippen molar-refractivity contribution in [3.8, 4) is 5.75 Å². The Hall–Kier alpha value is -3.01. The molecule has 0 aliphatic carbocycles.